The van der Waals surface area contributed by atoms with Gasteiger partial charge in [-0.15, -0.1) is 0 Å². The Morgan fingerprint density at radius 2 is 2.05 bits per heavy atom. The number of benzene rings is 1. The highest BCUT2D eigenvalue weighted by atomic mass is 16.6. The van der Waals surface area contributed by atoms with Crippen molar-refractivity contribution in [2.24, 2.45) is 5.92 Å². The second-order valence-electron chi connectivity index (χ2n) is 5.47. The summed E-state index contributed by atoms with van der Waals surface area (Å²) in [6.07, 6.45) is 1.02. The lowest BCUT2D eigenvalue weighted by atomic mass is 10.1. The highest BCUT2D eigenvalue weighted by Crippen LogP contribution is 2.49. The van der Waals surface area contributed by atoms with E-state index in [-0.39, 0.29) is 30.1 Å². The van der Waals surface area contributed by atoms with Crippen LogP contribution in [0, 0.1) is 5.92 Å². The van der Waals surface area contributed by atoms with E-state index in [4.69, 9.17) is 9.47 Å². The normalized spacial score (nSPS) is 21.9. The van der Waals surface area contributed by atoms with E-state index in [1.807, 2.05) is 18.2 Å². The molecule has 0 bridgehead atoms. The molecule has 0 unspecified atom stereocenters. The summed E-state index contributed by atoms with van der Waals surface area (Å²) in [5, 5.41) is 2.78. The molecule has 1 aliphatic heterocycles. The second kappa shape index (κ2) is 6.25. The Hall–Kier alpha value is -2.24. The summed E-state index contributed by atoms with van der Waals surface area (Å²) in [5.74, 6) is 1.37. The van der Waals surface area contributed by atoms with E-state index >= 15 is 0 Å². The molecule has 0 spiro atoms. The number of carbonyl (C=O) groups is 2. The van der Waals surface area contributed by atoms with Crippen molar-refractivity contribution in [1.82, 2.24) is 5.32 Å². The molecule has 118 valence electrons. The molecule has 1 amide bonds. The van der Waals surface area contributed by atoms with E-state index in [1.54, 1.807) is 0 Å². The first-order valence-electron chi connectivity index (χ1n) is 7.43. The van der Waals surface area contributed by atoms with Gasteiger partial charge in [0.1, 0.15) is 13.2 Å². The molecule has 1 fully saturated rings. The third kappa shape index (κ3) is 3.16. The number of amides is 1. The molecule has 2 atom stereocenters. The largest absolute Gasteiger partial charge is 0.486 e. The topological polar surface area (TPSA) is 73.9 Å². The summed E-state index contributed by atoms with van der Waals surface area (Å²) in [6, 6.07) is 5.84. The molecule has 0 radical (unpaired) electrons. The predicted octanol–water partition coefficient (Wildman–Crippen LogP) is 1.24. The van der Waals surface area contributed by atoms with Crippen LogP contribution in [0.15, 0.2) is 18.2 Å². The summed E-state index contributed by atoms with van der Waals surface area (Å²) >= 11 is 0. The molecule has 0 aromatic heterocycles. The van der Waals surface area contributed by atoms with Crippen LogP contribution in [0.1, 0.15) is 24.3 Å². The number of carbonyl (C=O) groups excluding carboxylic acids is 2. The predicted molar refractivity (Wildman–Crippen MR) is 77.9 cm³/mol. The summed E-state index contributed by atoms with van der Waals surface area (Å²) in [5.41, 5.74) is 1.09. The average molecular weight is 305 g/mol. The summed E-state index contributed by atoms with van der Waals surface area (Å²) in [6.45, 7) is 1.44. The van der Waals surface area contributed by atoms with Gasteiger partial charge in [0.2, 0.25) is 5.91 Å². The van der Waals surface area contributed by atoms with Crippen LogP contribution in [0.4, 0.5) is 0 Å². The van der Waals surface area contributed by atoms with E-state index in [0.29, 0.717) is 19.8 Å². The average Bonchev–Trinajstić information content (AvgIpc) is 3.35. The zero-order valence-electron chi connectivity index (χ0n) is 12.5. The molecule has 3 rings (SSSR count). The van der Waals surface area contributed by atoms with Crippen LogP contribution in [-0.2, 0) is 14.3 Å². The van der Waals surface area contributed by atoms with Crippen molar-refractivity contribution in [1.29, 1.82) is 0 Å². The van der Waals surface area contributed by atoms with Crippen molar-refractivity contribution in [2.45, 2.75) is 18.8 Å². The smallest absolute Gasteiger partial charge is 0.307 e. The fourth-order valence-corrected chi connectivity index (χ4v) is 2.66. The third-order valence-corrected chi connectivity index (χ3v) is 3.98. The molecule has 6 heteroatoms. The highest BCUT2D eigenvalue weighted by molar-refractivity contribution is 5.83. The number of hydrogen-bond acceptors (Lipinski definition) is 5. The van der Waals surface area contributed by atoms with E-state index in [2.05, 4.69) is 10.1 Å². The number of hydrogen-bond donors (Lipinski definition) is 1. The SMILES string of the molecule is COC(=O)CCNC(=O)[C@H]1C[C@@H]1c1ccc2c(c1)OCCO2. The van der Waals surface area contributed by atoms with Gasteiger partial charge in [0, 0.05) is 12.5 Å². The Bertz CT molecular complexity index is 586. The molecule has 1 aromatic carbocycles. The van der Waals surface area contributed by atoms with Gasteiger partial charge in [0.05, 0.1) is 13.5 Å². The maximum atomic E-state index is 12.0. The van der Waals surface area contributed by atoms with Gasteiger partial charge < -0.3 is 19.5 Å². The van der Waals surface area contributed by atoms with E-state index < -0.39 is 0 Å². The van der Waals surface area contributed by atoms with E-state index in [1.165, 1.54) is 7.11 Å². The first-order chi connectivity index (χ1) is 10.7. The molecule has 6 nitrogen and oxygen atoms in total. The lowest BCUT2D eigenvalue weighted by Crippen LogP contribution is -2.28. The van der Waals surface area contributed by atoms with E-state index in [9.17, 15) is 9.59 Å². The Morgan fingerprint density at radius 1 is 1.27 bits per heavy atom. The lowest BCUT2D eigenvalue weighted by Gasteiger charge is -2.18. The summed E-state index contributed by atoms with van der Waals surface area (Å²) < 4.78 is 15.6. The minimum atomic E-state index is -0.320. The molecular weight excluding hydrogens is 286 g/mol. The van der Waals surface area contributed by atoms with Crippen molar-refractivity contribution in [3.05, 3.63) is 23.8 Å². The minimum Gasteiger partial charge on any atom is -0.486 e. The van der Waals surface area contributed by atoms with E-state index in [0.717, 1.165) is 23.5 Å². The molecular formula is C16H19NO5. The summed E-state index contributed by atoms with van der Waals surface area (Å²) in [4.78, 5) is 23.0. The minimum absolute atomic E-state index is 0.0104. The van der Waals surface area contributed by atoms with Crippen molar-refractivity contribution >= 4 is 11.9 Å². The van der Waals surface area contributed by atoms with Gasteiger partial charge in [-0.2, -0.15) is 0 Å². The number of fused-ring (bicyclic) bond motifs is 1. The number of ether oxygens (including phenoxy) is 3. The van der Waals surface area contributed by atoms with Crippen molar-refractivity contribution < 1.29 is 23.8 Å². The first kappa shape index (κ1) is 14.7. The molecule has 22 heavy (non-hydrogen) atoms. The van der Waals surface area contributed by atoms with Gasteiger partial charge in [-0.05, 0) is 30.0 Å². The Labute approximate surface area is 128 Å². The number of rotatable bonds is 5. The monoisotopic (exact) mass is 305 g/mol. The molecule has 2 aliphatic rings. The zero-order chi connectivity index (χ0) is 15.5. The maximum Gasteiger partial charge on any atom is 0.307 e. The number of esters is 1. The van der Waals surface area contributed by atoms with Crippen molar-refractivity contribution in [2.75, 3.05) is 26.9 Å². The fraction of sp³-hybridized carbons (Fsp3) is 0.500. The van der Waals surface area contributed by atoms with Gasteiger partial charge >= 0.3 is 5.97 Å². The van der Waals surface area contributed by atoms with Crippen LogP contribution in [-0.4, -0.2) is 38.7 Å². The Morgan fingerprint density at radius 3 is 2.82 bits per heavy atom. The quantitative estimate of drug-likeness (QED) is 0.829. The number of methoxy groups -OCH3 is 1. The van der Waals surface area contributed by atoms with Crippen LogP contribution >= 0.6 is 0 Å². The van der Waals surface area contributed by atoms with Crippen LogP contribution in [0.5, 0.6) is 11.5 Å². The molecule has 1 heterocycles. The molecule has 1 aromatic rings. The van der Waals surface area contributed by atoms with Crippen LogP contribution in [0.3, 0.4) is 0 Å². The maximum absolute atomic E-state index is 12.0. The molecule has 0 saturated heterocycles. The van der Waals surface area contributed by atoms with Crippen molar-refractivity contribution in [3.8, 4) is 11.5 Å². The summed E-state index contributed by atoms with van der Waals surface area (Å²) in [7, 11) is 1.34. The van der Waals surface area contributed by atoms with Crippen LogP contribution in [0.25, 0.3) is 0 Å². The second-order valence-corrected chi connectivity index (χ2v) is 5.47. The fourth-order valence-electron chi connectivity index (χ4n) is 2.66. The molecule has 1 aliphatic carbocycles. The zero-order valence-corrected chi connectivity index (χ0v) is 12.5. The van der Waals surface area contributed by atoms with Crippen molar-refractivity contribution in [3.63, 3.8) is 0 Å². The lowest BCUT2D eigenvalue weighted by molar-refractivity contribution is -0.140. The Kier molecular flexibility index (Phi) is 4.18. The standard InChI is InChI=1S/C16H19NO5/c1-20-15(18)4-5-17-16(19)12-9-11(12)10-2-3-13-14(8-10)22-7-6-21-13/h2-3,8,11-12H,4-7,9H2,1H3,(H,17,19)/t11-,12+/m1/s1. The van der Waals surface area contributed by atoms with Gasteiger partial charge in [0.25, 0.3) is 0 Å². The van der Waals surface area contributed by atoms with Gasteiger partial charge in [-0.3, -0.25) is 9.59 Å². The molecule has 1 N–H and O–H groups in total. The third-order valence-electron chi connectivity index (χ3n) is 3.98. The van der Waals surface area contributed by atoms with Gasteiger partial charge in [-0.1, -0.05) is 6.07 Å². The van der Waals surface area contributed by atoms with Gasteiger partial charge in [0.15, 0.2) is 11.5 Å². The molecule has 1 saturated carbocycles. The van der Waals surface area contributed by atoms with Crippen LogP contribution in [0.2, 0.25) is 0 Å². The first-order valence-corrected chi connectivity index (χ1v) is 7.43. The van der Waals surface area contributed by atoms with Gasteiger partial charge in [-0.25, -0.2) is 0 Å². The highest BCUT2D eigenvalue weighted by Gasteiger charge is 2.44. The number of nitrogens with one attached hydrogen (secondary N) is 1. The van der Waals surface area contributed by atoms with Crippen LogP contribution < -0.4 is 14.8 Å². The Balaban J connectivity index is 1.53.